The average Bonchev–Trinajstić information content (AvgIpc) is 2.87. The molecule has 0 spiro atoms. The Bertz CT molecular complexity index is 1060. The molecule has 2 atom stereocenters. The molecular formula is C26H30N2O6. The minimum atomic E-state index is -0.801. The molecule has 0 aliphatic heterocycles. The maximum absolute atomic E-state index is 10.6. The number of aliphatic hydroxyl groups excluding tert-OH is 2. The van der Waals surface area contributed by atoms with E-state index in [1.165, 1.54) is 6.07 Å². The summed E-state index contributed by atoms with van der Waals surface area (Å²) in [6.07, 6.45) is -0.351. The average molecular weight is 467 g/mol. The lowest BCUT2D eigenvalue weighted by molar-refractivity contribution is -0.105. The molecule has 0 aromatic heterocycles. The van der Waals surface area contributed by atoms with E-state index in [-0.39, 0.29) is 18.0 Å². The van der Waals surface area contributed by atoms with Gasteiger partial charge in [-0.1, -0.05) is 36.4 Å². The van der Waals surface area contributed by atoms with E-state index >= 15 is 0 Å². The molecule has 0 bridgehead atoms. The lowest BCUT2D eigenvalue weighted by Crippen LogP contribution is -2.23. The Morgan fingerprint density at radius 3 is 2.50 bits per heavy atom. The fraction of sp³-hybridized carbons (Fsp3) is 0.269. The molecule has 0 aliphatic carbocycles. The summed E-state index contributed by atoms with van der Waals surface area (Å²) in [4.78, 5) is 10.6. The van der Waals surface area contributed by atoms with Crippen molar-refractivity contribution in [1.82, 2.24) is 5.32 Å². The highest BCUT2D eigenvalue weighted by molar-refractivity contribution is 5.75. The fourth-order valence-electron chi connectivity index (χ4n) is 3.49. The number of aliphatic hydroxyl groups is 2. The van der Waals surface area contributed by atoms with E-state index in [2.05, 4.69) is 10.6 Å². The molecule has 0 aliphatic rings. The first kappa shape index (κ1) is 25.0. The van der Waals surface area contributed by atoms with Gasteiger partial charge in [-0.25, -0.2) is 0 Å². The van der Waals surface area contributed by atoms with Crippen molar-refractivity contribution >= 4 is 12.1 Å². The van der Waals surface area contributed by atoms with Gasteiger partial charge in [0.25, 0.3) is 0 Å². The number of para-hydroxylation sites is 1. The number of aromatic hydroxyl groups is 1. The number of phenols is 1. The van der Waals surface area contributed by atoms with E-state index in [1.807, 2.05) is 42.5 Å². The third-order valence-corrected chi connectivity index (χ3v) is 5.38. The molecule has 0 fully saturated rings. The summed E-state index contributed by atoms with van der Waals surface area (Å²) in [5.41, 5.74) is 2.62. The van der Waals surface area contributed by atoms with Gasteiger partial charge in [-0.3, -0.25) is 4.79 Å². The number of methoxy groups -OCH3 is 1. The van der Waals surface area contributed by atoms with Crippen LogP contribution in [0.1, 0.15) is 28.9 Å². The van der Waals surface area contributed by atoms with Crippen LogP contribution >= 0.6 is 0 Å². The minimum absolute atomic E-state index is 0.0577. The first-order valence-corrected chi connectivity index (χ1v) is 11.0. The zero-order valence-electron chi connectivity index (χ0n) is 19.0. The predicted molar refractivity (Wildman–Crippen MR) is 129 cm³/mol. The third-order valence-electron chi connectivity index (χ3n) is 5.38. The number of carbonyl (C=O) groups is 1. The van der Waals surface area contributed by atoms with Gasteiger partial charge in [0.15, 0.2) is 0 Å². The second-order valence-electron chi connectivity index (χ2n) is 7.72. The summed E-state index contributed by atoms with van der Waals surface area (Å²) in [6, 6.07) is 19.5. The molecule has 180 valence electrons. The number of nitrogens with one attached hydrogen (secondary N) is 2. The van der Waals surface area contributed by atoms with Gasteiger partial charge in [-0.15, -0.1) is 0 Å². The van der Waals surface area contributed by atoms with Gasteiger partial charge in [-0.05, 0) is 54.4 Å². The van der Waals surface area contributed by atoms with Gasteiger partial charge < -0.3 is 35.4 Å². The molecule has 3 aromatic carbocycles. The smallest absolute Gasteiger partial charge is 0.211 e. The van der Waals surface area contributed by atoms with Crippen molar-refractivity contribution in [3.05, 3.63) is 83.4 Å². The highest BCUT2D eigenvalue weighted by Gasteiger charge is 2.14. The van der Waals surface area contributed by atoms with Crippen LogP contribution in [0.25, 0.3) is 0 Å². The Balaban J connectivity index is 1.42. The van der Waals surface area contributed by atoms with Gasteiger partial charge in [0, 0.05) is 12.1 Å². The van der Waals surface area contributed by atoms with Crippen molar-refractivity contribution in [2.24, 2.45) is 0 Å². The molecule has 0 saturated carbocycles. The number of hydrogen-bond acceptors (Lipinski definition) is 7. The van der Waals surface area contributed by atoms with Gasteiger partial charge in [0.05, 0.1) is 18.9 Å². The van der Waals surface area contributed by atoms with Crippen LogP contribution in [0.3, 0.4) is 0 Å². The molecule has 5 N–H and O–H groups in total. The number of ether oxygens (including phenoxy) is 2. The van der Waals surface area contributed by atoms with Crippen LogP contribution in [0.2, 0.25) is 0 Å². The number of amides is 1. The van der Waals surface area contributed by atoms with Gasteiger partial charge >= 0.3 is 0 Å². The fourth-order valence-corrected chi connectivity index (χ4v) is 3.49. The summed E-state index contributed by atoms with van der Waals surface area (Å²) in [7, 11) is 1.57. The largest absolute Gasteiger partial charge is 0.506 e. The maximum atomic E-state index is 10.6. The zero-order valence-corrected chi connectivity index (χ0v) is 19.0. The predicted octanol–water partition coefficient (Wildman–Crippen LogP) is 2.95. The Morgan fingerprint density at radius 2 is 1.76 bits per heavy atom. The van der Waals surface area contributed by atoms with E-state index in [0.29, 0.717) is 42.1 Å². The summed E-state index contributed by atoms with van der Waals surface area (Å²) in [5.74, 6) is 1.22. The number of benzene rings is 3. The van der Waals surface area contributed by atoms with Crippen LogP contribution in [0.5, 0.6) is 17.2 Å². The van der Waals surface area contributed by atoms with Crippen LogP contribution in [-0.4, -0.2) is 48.5 Å². The molecular weight excluding hydrogens is 436 g/mol. The lowest BCUT2D eigenvalue weighted by Gasteiger charge is -2.16. The van der Waals surface area contributed by atoms with Crippen LogP contribution in [0, 0.1) is 0 Å². The lowest BCUT2D eigenvalue weighted by atomic mass is 10.1. The first-order valence-electron chi connectivity index (χ1n) is 11.0. The van der Waals surface area contributed by atoms with E-state index < -0.39 is 12.2 Å². The number of phenolic OH excluding ortho intramolecular Hbond substituents is 1. The second kappa shape index (κ2) is 12.6. The van der Waals surface area contributed by atoms with Crippen molar-refractivity contribution < 1.29 is 29.6 Å². The number of anilines is 1. The van der Waals surface area contributed by atoms with Gasteiger partial charge in [-0.2, -0.15) is 0 Å². The maximum Gasteiger partial charge on any atom is 0.211 e. The summed E-state index contributed by atoms with van der Waals surface area (Å²) in [6.45, 7) is 1.09. The normalized spacial score (nSPS) is 12.6. The van der Waals surface area contributed by atoms with Gasteiger partial charge in [0.2, 0.25) is 6.41 Å². The van der Waals surface area contributed by atoms with E-state index in [1.54, 1.807) is 25.3 Å². The molecule has 0 unspecified atom stereocenters. The van der Waals surface area contributed by atoms with E-state index in [9.17, 15) is 20.1 Å². The molecule has 0 saturated heterocycles. The Hall–Kier alpha value is -3.59. The summed E-state index contributed by atoms with van der Waals surface area (Å²) in [5, 5.41) is 36.1. The molecule has 8 nitrogen and oxygen atoms in total. The second-order valence-corrected chi connectivity index (χ2v) is 7.72. The molecule has 34 heavy (non-hydrogen) atoms. The topological polar surface area (TPSA) is 120 Å². The third kappa shape index (κ3) is 6.95. The van der Waals surface area contributed by atoms with Crippen LogP contribution in [0.4, 0.5) is 5.69 Å². The summed E-state index contributed by atoms with van der Waals surface area (Å²) >= 11 is 0. The van der Waals surface area contributed by atoms with E-state index in [0.717, 1.165) is 12.0 Å². The molecule has 8 heteroatoms. The van der Waals surface area contributed by atoms with E-state index in [4.69, 9.17) is 9.47 Å². The first-order chi connectivity index (χ1) is 16.5. The zero-order chi connectivity index (χ0) is 24.3. The van der Waals surface area contributed by atoms with Crippen LogP contribution in [0.15, 0.2) is 66.7 Å². The van der Waals surface area contributed by atoms with Crippen LogP contribution in [-0.2, 0) is 11.2 Å². The molecule has 0 radical (unpaired) electrons. The number of carbonyl (C=O) groups excluding carboxylic acids is 1. The highest BCUT2D eigenvalue weighted by atomic mass is 16.5. The highest BCUT2D eigenvalue weighted by Crippen LogP contribution is 2.27. The Morgan fingerprint density at radius 1 is 1.00 bits per heavy atom. The van der Waals surface area contributed by atoms with Crippen molar-refractivity contribution in [3.8, 4) is 17.2 Å². The monoisotopic (exact) mass is 466 g/mol. The Labute approximate surface area is 198 Å². The quantitative estimate of drug-likeness (QED) is 0.149. The SMILES string of the molecule is COc1ccccc1[C@H](O)COc1ccc(CCNC[C@H](O)c2ccc(O)c(NC=O)c2)cc1. The van der Waals surface area contributed by atoms with Gasteiger partial charge in [0.1, 0.15) is 30.0 Å². The number of rotatable bonds is 13. The molecule has 1 amide bonds. The van der Waals surface area contributed by atoms with Crippen molar-refractivity contribution in [1.29, 1.82) is 0 Å². The standard InChI is InChI=1S/C26H30N2O6/c1-33-26-5-3-2-4-21(26)25(32)16-34-20-9-6-18(7-10-20)12-13-27-15-24(31)19-8-11-23(30)22(14-19)28-17-29/h2-11,14,17,24-25,27,30-32H,12-13,15-16H2,1H3,(H,28,29)/t24-,25+/m0/s1. The molecule has 3 rings (SSSR count). The summed E-state index contributed by atoms with van der Waals surface area (Å²) < 4.78 is 11.0. The Kier molecular flexibility index (Phi) is 9.28. The molecule has 3 aromatic rings. The van der Waals surface area contributed by atoms with Crippen molar-refractivity contribution in [3.63, 3.8) is 0 Å². The van der Waals surface area contributed by atoms with Crippen molar-refractivity contribution in [2.45, 2.75) is 18.6 Å². The number of hydrogen-bond donors (Lipinski definition) is 5. The molecule has 0 heterocycles. The van der Waals surface area contributed by atoms with Crippen LogP contribution < -0.4 is 20.1 Å². The van der Waals surface area contributed by atoms with Crippen molar-refractivity contribution in [2.75, 3.05) is 32.1 Å². The minimum Gasteiger partial charge on any atom is -0.506 e.